The summed E-state index contributed by atoms with van der Waals surface area (Å²) in [5, 5.41) is 12.8. The van der Waals surface area contributed by atoms with Gasteiger partial charge in [0.25, 0.3) is 0 Å². The van der Waals surface area contributed by atoms with Crippen molar-refractivity contribution >= 4 is 0 Å². The number of nitriles is 1. The molecule has 3 aromatic rings. The van der Waals surface area contributed by atoms with Gasteiger partial charge in [0.05, 0.1) is 30.1 Å². The lowest BCUT2D eigenvalue weighted by Gasteiger charge is -2.06. The molecular weight excluding hydrogens is 323 g/mol. The first kappa shape index (κ1) is 15.5. The second-order valence-electron chi connectivity index (χ2n) is 4.69. The van der Waals surface area contributed by atoms with Gasteiger partial charge in [-0.05, 0) is 12.1 Å². The van der Waals surface area contributed by atoms with Crippen molar-refractivity contribution in [3.63, 3.8) is 0 Å². The highest BCUT2D eigenvalue weighted by atomic mass is 19.4. The molecule has 3 rings (SSSR count). The van der Waals surface area contributed by atoms with Crippen LogP contribution in [0.1, 0.15) is 22.8 Å². The molecule has 7 nitrogen and oxygen atoms in total. The van der Waals surface area contributed by atoms with Crippen LogP contribution < -0.4 is 0 Å². The summed E-state index contributed by atoms with van der Waals surface area (Å²) in [7, 11) is 0. The average molecular weight is 331 g/mol. The maximum absolute atomic E-state index is 12.5. The molecule has 0 saturated heterocycles. The fraction of sp³-hybridized carbons (Fsp3) is 0.143. The molecule has 0 aromatic carbocycles. The number of alkyl halides is 3. The van der Waals surface area contributed by atoms with E-state index in [1.807, 2.05) is 6.07 Å². The van der Waals surface area contributed by atoms with Crippen LogP contribution in [0.3, 0.4) is 0 Å². The third kappa shape index (κ3) is 3.35. The van der Waals surface area contributed by atoms with Crippen LogP contribution in [0.2, 0.25) is 0 Å². The monoisotopic (exact) mass is 331 g/mol. The molecule has 0 atom stereocenters. The Morgan fingerprint density at radius 2 is 1.88 bits per heavy atom. The van der Waals surface area contributed by atoms with Gasteiger partial charge in [-0.3, -0.25) is 4.98 Å². The molecule has 24 heavy (non-hydrogen) atoms. The number of rotatable bonds is 3. The minimum Gasteiger partial charge on any atom is -0.256 e. The van der Waals surface area contributed by atoms with Crippen molar-refractivity contribution in [2.45, 2.75) is 12.6 Å². The van der Waals surface area contributed by atoms with E-state index in [2.05, 4.69) is 25.0 Å². The van der Waals surface area contributed by atoms with Gasteiger partial charge in [0.15, 0.2) is 17.3 Å². The van der Waals surface area contributed by atoms with Crippen LogP contribution in [-0.4, -0.2) is 29.7 Å². The molecule has 0 radical (unpaired) electrons. The largest absolute Gasteiger partial charge is 0.417 e. The Balaban J connectivity index is 1.76. The highest BCUT2D eigenvalue weighted by Gasteiger charge is 2.30. The molecule has 3 aromatic heterocycles. The number of halogens is 3. The van der Waals surface area contributed by atoms with E-state index in [1.54, 1.807) is 0 Å². The first-order valence-corrected chi connectivity index (χ1v) is 6.61. The molecule has 0 unspecified atom stereocenters. The maximum Gasteiger partial charge on any atom is 0.417 e. The lowest BCUT2D eigenvalue weighted by Crippen LogP contribution is -2.07. The number of hydrogen-bond donors (Lipinski definition) is 0. The Kier molecular flexibility index (Phi) is 3.91. The van der Waals surface area contributed by atoms with Gasteiger partial charge in [-0.2, -0.15) is 18.4 Å². The van der Waals surface area contributed by atoms with E-state index >= 15 is 0 Å². The zero-order valence-electron chi connectivity index (χ0n) is 11.9. The van der Waals surface area contributed by atoms with Crippen LogP contribution in [-0.2, 0) is 12.6 Å². The molecule has 0 N–H and O–H groups in total. The van der Waals surface area contributed by atoms with E-state index < -0.39 is 11.7 Å². The molecule has 0 bridgehead atoms. The predicted octanol–water partition coefficient (Wildman–Crippen LogP) is 1.93. The highest BCUT2D eigenvalue weighted by molar-refractivity contribution is 5.25. The molecular formula is C14H8F3N7. The van der Waals surface area contributed by atoms with Crippen molar-refractivity contribution in [1.82, 2.24) is 29.7 Å². The van der Waals surface area contributed by atoms with Crippen molar-refractivity contribution < 1.29 is 13.2 Å². The topological polar surface area (TPSA) is 93.2 Å². The third-order valence-electron chi connectivity index (χ3n) is 3.01. The number of pyridine rings is 1. The van der Waals surface area contributed by atoms with Crippen LogP contribution in [0.4, 0.5) is 13.2 Å². The summed E-state index contributed by atoms with van der Waals surface area (Å²) in [6, 6.07) is 4.00. The third-order valence-corrected chi connectivity index (χ3v) is 3.01. The minimum absolute atomic E-state index is 0.200. The summed E-state index contributed by atoms with van der Waals surface area (Å²) in [5.41, 5.74) is -0.0715. The zero-order chi connectivity index (χ0) is 17.2. The first-order chi connectivity index (χ1) is 11.5. The van der Waals surface area contributed by atoms with Gasteiger partial charge < -0.3 is 0 Å². The Bertz CT molecular complexity index is 876. The quantitative estimate of drug-likeness (QED) is 0.728. The molecule has 120 valence electrons. The van der Waals surface area contributed by atoms with Gasteiger partial charge in [-0.1, -0.05) is 0 Å². The summed E-state index contributed by atoms with van der Waals surface area (Å²) in [6.07, 6.45) is 0.698. The average Bonchev–Trinajstić information content (AvgIpc) is 3.03. The van der Waals surface area contributed by atoms with Gasteiger partial charge in [-0.25, -0.2) is 19.6 Å². The predicted molar refractivity (Wildman–Crippen MR) is 73.7 cm³/mol. The molecule has 3 heterocycles. The van der Waals surface area contributed by atoms with Crippen molar-refractivity contribution in [1.29, 1.82) is 5.26 Å². The van der Waals surface area contributed by atoms with Crippen LogP contribution in [0.5, 0.6) is 0 Å². The molecule has 0 fully saturated rings. The van der Waals surface area contributed by atoms with E-state index in [4.69, 9.17) is 5.26 Å². The Morgan fingerprint density at radius 3 is 2.46 bits per heavy atom. The molecule has 0 spiro atoms. The van der Waals surface area contributed by atoms with Crippen molar-refractivity contribution in [2.75, 3.05) is 0 Å². The molecule has 0 amide bonds. The van der Waals surface area contributed by atoms with Crippen LogP contribution >= 0.6 is 0 Å². The van der Waals surface area contributed by atoms with Gasteiger partial charge in [0.2, 0.25) is 0 Å². The highest BCUT2D eigenvalue weighted by Crippen LogP contribution is 2.28. The summed E-state index contributed by atoms with van der Waals surface area (Å²) in [5.74, 6) is 0.614. The van der Waals surface area contributed by atoms with E-state index in [-0.39, 0.29) is 17.9 Å². The maximum atomic E-state index is 12.5. The SMILES string of the molecule is N#Cc1cnc(Cc2ncn(-c3ccc(C(F)(F)F)cn3)n2)cn1. The normalized spacial score (nSPS) is 11.2. The van der Waals surface area contributed by atoms with Gasteiger partial charge in [0.1, 0.15) is 12.4 Å². The van der Waals surface area contributed by atoms with Crippen molar-refractivity contribution in [3.8, 4) is 11.9 Å². The summed E-state index contributed by atoms with van der Waals surface area (Å²) in [6.45, 7) is 0. The lowest BCUT2D eigenvalue weighted by atomic mass is 10.3. The number of hydrogen-bond acceptors (Lipinski definition) is 6. The fourth-order valence-electron chi connectivity index (χ4n) is 1.84. The molecule has 0 aliphatic carbocycles. The Morgan fingerprint density at radius 1 is 1.04 bits per heavy atom. The van der Waals surface area contributed by atoms with E-state index in [0.29, 0.717) is 11.5 Å². The van der Waals surface area contributed by atoms with Crippen LogP contribution in [0.15, 0.2) is 37.1 Å². The van der Waals surface area contributed by atoms with Crippen LogP contribution in [0.25, 0.3) is 5.82 Å². The van der Waals surface area contributed by atoms with Crippen molar-refractivity contribution in [3.05, 3.63) is 59.8 Å². The minimum atomic E-state index is -4.44. The smallest absolute Gasteiger partial charge is 0.256 e. The summed E-state index contributed by atoms with van der Waals surface area (Å²) in [4.78, 5) is 15.7. The first-order valence-electron chi connectivity index (χ1n) is 6.61. The molecule has 0 aliphatic rings. The molecule has 0 saturated carbocycles. The second-order valence-corrected chi connectivity index (χ2v) is 4.69. The van der Waals surface area contributed by atoms with Gasteiger partial charge in [-0.15, -0.1) is 5.10 Å². The molecule has 10 heteroatoms. The molecule has 0 aliphatic heterocycles. The van der Waals surface area contributed by atoms with Crippen molar-refractivity contribution in [2.24, 2.45) is 0 Å². The second kappa shape index (κ2) is 6.04. The zero-order valence-corrected chi connectivity index (χ0v) is 11.9. The number of aromatic nitrogens is 6. The van der Waals surface area contributed by atoms with E-state index in [0.717, 1.165) is 12.3 Å². The van der Waals surface area contributed by atoms with Gasteiger partial charge >= 0.3 is 6.18 Å². The Labute approximate surface area is 133 Å². The van der Waals surface area contributed by atoms with Crippen LogP contribution in [0, 0.1) is 11.3 Å². The Hall–Kier alpha value is -3.35. The van der Waals surface area contributed by atoms with E-state index in [9.17, 15) is 13.2 Å². The summed E-state index contributed by atoms with van der Waals surface area (Å²) >= 11 is 0. The van der Waals surface area contributed by atoms with E-state index in [1.165, 1.54) is 29.5 Å². The van der Waals surface area contributed by atoms with Gasteiger partial charge in [0, 0.05) is 6.20 Å². The fourth-order valence-corrected chi connectivity index (χ4v) is 1.84. The lowest BCUT2D eigenvalue weighted by molar-refractivity contribution is -0.137. The number of nitrogens with zero attached hydrogens (tertiary/aromatic N) is 7. The standard InChI is InChI=1S/C14H8F3N7/c15-14(16,17)9-1-2-13(21-5-9)24-8-22-12(23-24)3-10-6-20-11(4-18)7-19-10/h1-2,5-8H,3H2. The summed E-state index contributed by atoms with van der Waals surface area (Å²) < 4.78 is 38.8.